The zero-order valence-corrected chi connectivity index (χ0v) is 14.0. The maximum Gasteiger partial charge on any atom is 0.258 e. The van der Waals surface area contributed by atoms with Gasteiger partial charge in [0.1, 0.15) is 5.82 Å². The number of nitrogens with one attached hydrogen (secondary N) is 1. The molecule has 7 heteroatoms. The van der Waals surface area contributed by atoms with Gasteiger partial charge in [0.25, 0.3) is 11.8 Å². The van der Waals surface area contributed by atoms with Crippen LogP contribution in [0.2, 0.25) is 0 Å². The molecular weight excluding hydrogens is 347 g/mol. The third kappa shape index (κ3) is 3.72. The van der Waals surface area contributed by atoms with Crippen LogP contribution < -0.4 is 5.32 Å². The summed E-state index contributed by atoms with van der Waals surface area (Å²) in [6.07, 6.45) is 3.19. The third-order valence-corrected chi connectivity index (χ3v) is 3.80. The number of carbonyl (C=O) groups is 1. The predicted molar refractivity (Wildman–Crippen MR) is 97.3 cm³/mol. The van der Waals surface area contributed by atoms with Crippen molar-refractivity contribution in [3.63, 3.8) is 0 Å². The molecule has 0 atom stereocenters. The minimum atomic E-state index is -0.382. The standard InChI is InChI=1S/C20H13FN4O2/c21-16-7-2-4-13(11-16)18-24-20(27-25-18)15-6-1-5-14(10-15)19(26)23-17-8-3-9-22-12-17/h1-12H,(H,23,26). The topological polar surface area (TPSA) is 80.9 Å². The Morgan fingerprint density at radius 3 is 2.67 bits per heavy atom. The zero-order chi connectivity index (χ0) is 18.6. The van der Waals surface area contributed by atoms with E-state index in [0.717, 1.165) is 0 Å². The highest BCUT2D eigenvalue weighted by Gasteiger charge is 2.13. The maximum atomic E-state index is 13.4. The van der Waals surface area contributed by atoms with Gasteiger partial charge in [0.15, 0.2) is 0 Å². The van der Waals surface area contributed by atoms with Gasteiger partial charge in [-0.25, -0.2) is 4.39 Å². The molecule has 0 aliphatic rings. The molecule has 0 saturated heterocycles. The van der Waals surface area contributed by atoms with Crippen LogP contribution in [0.1, 0.15) is 10.4 Å². The first-order valence-corrected chi connectivity index (χ1v) is 8.10. The Balaban J connectivity index is 1.59. The van der Waals surface area contributed by atoms with E-state index in [1.54, 1.807) is 60.9 Å². The van der Waals surface area contributed by atoms with Crippen LogP contribution in [0.25, 0.3) is 22.8 Å². The summed E-state index contributed by atoms with van der Waals surface area (Å²) in [6.45, 7) is 0. The van der Waals surface area contributed by atoms with E-state index >= 15 is 0 Å². The average molecular weight is 360 g/mol. The number of hydrogen-bond donors (Lipinski definition) is 1. The van der Waals surface area contributed by atoms with Crippen molar-refractivity contribution >= 4 is 11.6 Å². The fourth-order valence-electron chi connectivity index (χ4n) is 2.52. The molecule has 4 aromatic rings. The van der Waals surface area contributed by atoms with E-state index in [9.17, 15) is 9.18 Å². The van der Waals surface area contributed by atoms with Crippen molar-refractivity contribution in [3.8, 4) is 22.8 Å². The lowest BCUT2D eigenvalue weighted by Gasteiger charge is -2.05. The summed E-state index contributed by atoms with van der Waals surface area (Å²) in [4.78, 5) is 20.7. The maximum absolute atomic E-state index is 13.4. The molecule has 2 heterocycles. The molecule has 6 nitrogen and oxygen atoms in total. The molecule has 2 aromatic carbocycles. The number of amides is 1. The average Bonchev–Trinajstić information content (AvgIpc) is 3.19. The smallest absolute Gasteiger partial charge is 0.258 e. The minimum Gasteiger partial charge on any atom is -0.334 e. The van der Waals surface area contributed by atoms with Crippen molar-refractivity contribution in [1.82, 2.24) is 15.1 Å². The summed E-state index contributed by atoms with van der Waals surface area (Å²) in [7, 11) is 0. The summed E-state index contributed by atoms with van der Waals surface area (Å²) in [5.74, 6) is -0.150. The second-order valence-electron chi connectivity index (χ2n) is 5.71. The number of nitrogens with zero attached hydrogens (tertiary/aromatic N) is 3. The molecule has 0 aliphatic carbocycles. The fourth-order valence-corrected chi connectivity index (χ4v) is 2.52. The lowest BCUT2D eigenvalue weighted by molar-refractivity contribution is 0.102. The van der Waals surface area contributed by atoms with Gasteiger partial charge >= 0.3 is 0 Å². The first-order chi connectivity index (χ1) is 13.2. The highest BCUT2D eigenvalue weighted by atomic mass is 19.1. The number of carbonyl (C=O) groups excluding carboxylic acids is 1. The van der Waals surface area contributed by atoms with Gasteiger partial charge in [-0.05, 0) is 42.5 Å². The van der Waals surface area contributed by atoms with Crippen LogP contribution in [0, 0.1) is 5.82 Å². The number of pyridine rings is 1. The van der Waals surface area contributed by atoms with Crippen LogP contribution in [0.5, 0.6) is 0 Å². The Kier molecular flexibility index (Phi) is 4.40. The summed E-state index contributed by atoms with van der Waals surface area (Å²) in [5, 5.41) is 6.65. The summed E-state index contributed by atoms with van der Waals surface area (Å²) in [6, 6.07) is 16.2. The number of benzene rings is 2. The van der Waals surface area contributed by atoms with Crippen LogP contribution in [0.4, 0.5) is 10.1 Å². The quantitative estimate of drug-likeness (QED) is 0.590. The summed E-state index contributed by atoms with van der Waals surface area (Å²) < 4.78 is 18.6. The van der Waals surface area contributed by atoms with Crippen molar-refractivity contribution in [2.75, 3.05) is 5.32 Å². The van der Waals surface area contributed by atoms with Gasteiger partial charge in [0.2, 0.25) is 5.82 Å². The van der Waals surface area contributed by atoms with E-state index in [0.29, 0.717) is 22.4 Å². The van der Waals surface area contributed by atoms with Gasteiger partial charge in [-0.3, -0.25) is 9.78 Å². The Morgan fingerprint density at radius 1 is 1.00 bits per heavy atom. The van der Waals surface area contributed by atoms with E-state index < -0.39 is 0 Å². The highest BCUT2D eigenvalue weighted by molar-refractivity contribution is 6.04. The van der Waals surface area contributed by atoms with E-state index in [2.05, 4.69) is 20.4 Å². The second kappa shape index (κ2) is 7.17. The van der Waals surface area contributed by atoms with Gasteiger partial charge in [-0.15, -0.1) is 0 Å². The molecule has 1 amide bonds. The third-order valence-electron chi connectivity index (χ3n) is 3.80. The Morgan fingerprint density at radius 2 is 1.85 bits per heavy atom. The molecule has 0 fully saturated rings. The van der Waals surface area contributed by atoms with Crippen molar-refractivity contribution in [1.29, 1.82) is 0 Å². The molecule has 0 aliphatic heterocycles. The van der Waals surface area contributed by atoms with E-state index in [4.69, 9.17) is 4.52 Å². The molecule has 0 radical (unpaired) electrons. The monoisotopic (exact) mass is 360 g/mol. The Bertz CT molecular complexity index is 1100. The Hall–Kier alpha value is -3.87. The van der Waals surface area contributed by atoms with E-state index in [-0.39, 0.29) is 23.4 Å². The molecule has 0 unspecified atom stereocenters. The van der Waals surface area contributed by atoms with E-state index in [1.807, 2.05) is 0 Å². The summed E-state index contributed by atoms with van der Waals surface area (Å²) in [5.41, 5.74) is 2.13. The number of aromatic nitrogens is 3. The molecule has 4 rings (SSSR count). The minimum absolute atomic E-state index is 0.241. The predicted octanol–water partition coefficient (Wildman–Crippen LogP) is 4.19. The number of hydrogen-bond acceptors (Lipinski definition) is 5. The molecular formula is C20H13FN4O2. The first kappa shape index (κ1) is 16.6. The SMILES string of the molecule is O=C(Nc1cccnc1)c1cccc(-c2nc(-c3cccc(F)c3)no2)c1. The lowest BCUT2D eigenvalue weighted by atomic mass is 10.1. The normalized spacial score (nSPS) is 10.6. The van der Waals surface area contributed by atoms with Gasteiger partial charge in [0, 0.05) is 22.9 Å². The van der Waals surface area contributed by atoms with Gasteiger partial charge in [-0.2, -0.15) is 4.98 Å². The molecule has 1 N–H and O–H groups in total. The number of halogens is 1. The number of anilines is 1. The van der Waals surface area contributed by atoms with Crippen LogP contribution in [-0.4, -0.2) is 21.0 Å². The van der Waals surface area contributed by atoms with Gasteiger partial charge in [0.05, 0.1) is 11.9 Å². The lowest BCUT2D eigenvalue weighted by Crippen LogP contribution is -2.11. The van der Waals surface area contributed by atoms with Crippen molar-refractivity contribution in [3.05, 3.63) is 84.4 Å². The van der Waals surface area contributed by atoms with E-state index in [1.165, 1.54) is 12.1 Å². The first-order valence-electron chi connectivity index (χ1n) is 8.10. The van der Waals surface area contributed by atoms with Crippen LogP contribution in [-0.2, 0) is 0 Å². The molecule has 132 valence electrons. The fraction of sp³-hybridized carbons (Fsp3) is 0. The van der Waals surface area contributed by atoms with Crippen LogP contribution in [0.15, 0.2) is 77.6 Å². The number of rotatable bonds is 4. The van der Waals surface area contributed by atoms with Crippen molar-refractivity contribution < 1.29 is 13.7 Å². The van der Waals surface area contributed by atoms with Gasteiger partial charge in [-0.1, -0.05) is 23.4 Å². The molecule has 2 aromatic heterocycles. The summed E-state index contributed by atoms with van der Waals surface area (Å²) >= 11 is 0. The second-order valence-corrected chi connectivity index (χ2v) is 5.71. The molecule has 0 bridgehead atoms. The zero-order valence-electron chi connectivity index (χ0n) is 14.0. The molecule has 27 heavy (non-hydrogen) atoms. The largest absolute Gasteiger partial charge is 0.334 e. The van der Waals surface area contributed by atoms with Crippen molar-refractivity contribution in [2.24, 2.45) is 0 Å². The van der Waals surface area contributed by atoms with Crippen LogP contribution >= 0.6 is 0 Å². The van der Waals surface area contributed by atoms with Crippen LogP contribution in [0.3, 0.4) is 0 Å². The molecule has 0 saturated carbocycles. The molecule has 0 spiro atoms. The Labute approximate surface area is 153 Å². The van der Waals surface area contributed by atoms with Crippen molar-refractivity contribution in [2.45, 2.75) is 0 Å². The highest BCUT2D eigenvalue weighted by Crippen LogP contribution is 2.23. The van der Waals surface area contributed by atoms with Gasteiger partial charge < -0.3 is 9.84 Å².